The van der Waals surface area contributed by atoms with E-state index in [2.05, 4.69) is 11.8 Å². The number of likely N-dealkylation sites (tertiary alicyclic amines) is 1. The summed E-state index contributed by atoms with van der Waals surface area (Å²) in [5, 5.41) is 19.3. The van der Waals surface area contributed by atoms with Gasteiger partial charge in [0, 0.05) is 25.1 Å². The highest BCUT2D eigenvalue weighted by Crippen LogP contribution is 2.34. The SMILES string of the molecule is CC(CO)CN1CCCC1C1CCCCC1O. The normalized spacial score (nSPS) is 37.2. The van der Waals surface area contributed by atoms with Crippen molar-refractivity contribution < 1.29 is 10.2 Å². The van der Waals surface area contributed by atoms with Crippen molar-refractivity contribution in [1.82, 2.24) is 4.90 Å². The molecule has 3 heteroatoms. The van der Waals surface area contributed by atoms with Gasteiger partial charge in [0.25, 0.3) is 0 Å². The van der Waals surface area contributed by atoms with E-state index < -0.39 is 0 Å². The van der Waals surface area contributed by atoms with Gasteiger partial charge >= 0.3 is 0 Å². The average Bonchev–Trinajstić information content (AvgIpc) is 2.77. The van der Waals surface area contributed by atoms with Crippen molar-refractivity contribution in [2.45, 2.75) is 57.6 Å². The van der Waals surface area contributed by atoms with Gasteiger partial charge in [0.05, 0.1) is 6.10 Å². The molecule has 4 atom stereocenters. The molecule has 2 rings (SSSR count). The third-order valence-electron chi connectivity index (χ3n) is 4.55. The summed E-state index contributed by atoms with van der Waals surface area (Å²) in [5.41, 5.74) is 0. The van der Waals surface area contributed by atoms with Crippen LogP contribution in [-0.2, 0) is 0 Å². The summed E-state index contributed by atoms with van der Waals surface area (Å²) in [4.78, 5) is 2.51. The average molecular weight is 241 g/mol. The summed E-state index contributed by atoms with van der Waals surface area (Å²) in [5.74, 6) is 0.841. The Balaban J connectivity index is 1.93. The Labute approximate surface area is 105 Å². The van der Waals surface area contributed by atoms with Crippen molar-refractivity contribution in [3.63, 3.8) is 0 Å². The molecule has 1 aliphatic heterocycles. The van der Waals surface area contributed by atoms with Gasteiger partial charge < -0.3 is 10.2 Å². The molecular formula is C14H27NO2. The van der Waals surface area contributed by atoms with E-state index in [0.717, 1.165) is 19.5 Å². The zero-order valence-corrected chi connectivity index (χ0v) is 11.0. The minimum atomic E-state index is -0.0845. The molecule has 2 aliphatic rings. The van der Waals surface area contributed by atoms with E-state index in [4.69, 9.17) is 5.11 Å². The van der Waals surface area contributed by atoms with Crippen molar-refractivity contribution >= 4 is 0 Å². The zero-order valence-electron chi connectivity index (χ0n) is 11.0. The van der Waals surface area contributed by atoms with Crippen LogP contribution < -0.4 is 0 Å². The molecule has 2 N–H and O–H groups in total. The van der Waals surface area contributed by atoms with Crippen LogP contribution in [0, 0.1) is 11.8 Å². The first-order valence-corrected chi connectivity index (χ1v) is 7.25. The Morgan fingerprint density at radius 3 is 2.65 bits per heavy atom. The first-order chi connectivity index (χ1) is 8.22. The monoisotopic (exact) mass is 241 g/mol. The Morgan fingerprint density at radius 2 is 1.94 bits per heavy atom. The molecule has 0 bridgehead atoms. The lowest BCUT2D eigenvalue weighted by atomic mass is 9.80. The molecular weight excluding hydrogens is 214 g/mol. The standard InChI is InChI=1S/C14H27NO2/c1-11(10-16)9-15-8-4-6-13(15)12-5-2-3-7-14(12)17/h11-14,16-17H,2-10H2,1H3. The van der Waals surface area contributed by atoms with Crippen LogP contribution in [0.2, 0.25) is 0 Å². The van der Waals surface area contributed by atoms with E-state index in [1.54, 1.807) is 0 Å². The Kier molecular flexibility index (Phi) is 4.83. The van der Waals surface area contributed by atoms with Gasteiger partial charge in [-0.25, -0.2) is 0 Å². The molecule has 1 aliphatic carbocycles. The van der Waals surface area contributed by atoms with Crippen LogP contribution in [0.15, 0.2) is 0 Å². The molecule has 17 heavy (non-hydrogen) atoms. The summed E-state index contributed by atoms with van der Waals surface area (Å²) < 4.78 is 0. The van der Waals surface area contributed by atoms with E-state index in [1.165, 1.54) is 32.1 Å². The van der Waals surface area contributed by atoms with E-state index >= 15 is 0 Å². The third-order valence-corrected chi connectivity index (χ3v) is 4.55. The fourth-order valence-corrected chi connectivity index (χ4v) is 3.61. The number of aliphatic hydroxyl groups is 2. The van der Waals surface area contributed by atoms with Gasteiger partial charge in [-0.2, -0.15) is 0 Å². The summed E-state index contributed by atoms with van der Waals surface area (Å²) in [6.07, 6.45) is 7.06. The summed E-state index contributed by atoms with van der Waals surface area (Å²) >= 11 is 0. The molecule has 3 nitrogen and oxygen atoms in total. The van der Waals surface area contributed by atoms with E-state index in [-0.39, 0.29) is 12.7 Å². The second-order valence-electron chi connectivity index (χ2n) is 6.01. The minimum absolute atomic E-state index is 0.0845. The van der Waals surface area contributed by atoms with Crippen LogP contribution in [0.5, 0.6) is 0 Å². The van der Waals surface area contributed by atoms with E-state index in [0.29, 0.717) is 17.9 Å². The van der Waals surface area contributed by atoms with Crippen molar-refractivity contribution in [3.8, 4) is 0 Å². The van der Waals surface area contributed by atoms with Gasteiger partial charge in [0.1, 0.15) is 0 Å². The van der Waals surface area contributed by atoms with Gasteiger partial charge in [-0.05, 0) is 38.1 Å². The second-order valence-corrected chi connectivity index (χ2v) is 6.01. The summed E-state index contributed by atoms with van der Waals surface area (Å²) in [6.45, 7) is 4.52. The Hall–Kier alpha value is -0.120. The summed E-state index contributed by atoms with van der Waals surface area (Å²) in [6, 6.07) is 0.569. The molecule has 0 aromatic carbocycles. The van der Waals surface area contributed by atoms with Crippen LogP contribution in [0.3, 0.4) is 0 Å². The number of rotatable bonds is 4. The maximum absolute atomic E-state index is 10.2. The molecule has 100 valence electrons. The topological polar surface area (TPSA) is 43.7 Å². The Bertz CT molecular complexity index is 234. The fraction of sp³-hybridized carbons (Fsp3) is 1.00. The molecule has 0 aromatic heterocycles. The first-order valence-electron chi connectivity index (χ1n) is 7.25. The molecule has 0 spiro atoms. The van der Waals surface area contributed by atoms with Crippen molar-refractivity contribution in [3.05, 3.63) is 0 Å². The maximum atomic E-state index is 10.2. The smallest absolute Gasteiger partial charge is 0.0583 e. The molecule has 0 aromatic rings. The number of hydrogen-bond acceptors (Lipinski definition) is 3. The molecule has 0 radical (unpaired) electrons. The van der Waals surface area contributed by atoms with E-state index in [9.17, 15) is 5.11 Å². The van der Waals surface area contributed by atoms with Gasteiger partial charge in [-0.3, -0.25) is 4.90 Å². The zero-order chi connectivity index (χ0) is 12.3. The predicted molar refractivity (Wildman–Crippen MR) is 68.8 cm³/mol. The van der Waals surface area contributed by atoms with Crippen LogP contribution in [0.4, 0.5) is 0 Å². The lowest BCUT2D eigenvalue weighted by Crippen LogP contribution is -2.44. The minimum Gasteiger partial charge on any atom is -0.396 e. The molecule has 4 unspecified atom stereocenters. The van der Waals surface area contributed by atoms with Crippen molar-refractivity contribution in [2.24, 2.45) is 11.8 Å². The quantitative estimate of drug-likeness (QED) is 0.786. The first kappa shape index (κ1) is 13.3. The lowest BCUT2D eigenvalue weighted by Gasteiger charge is -2.38. The highest BCUT2D eigenvalue weighted by Gasteiger charge is 2.36. The molecule has 2 fully saturated rings. The lowest BCUT2D eigenvalue weighted by molar-refractivity contribution is 0.0168. The van der Waals surface area contributed by atoms with Crippen molar-refractivity contribution in [2.75, 3.05) is 19.7 Å². The molecule has 1 saturated carbocycles. The largest absolute Gasteiger partial charge is 0.396 e. The maximum Gasteiger partial charge on any atom is 0.0583 e. The number of nitrogens with zero attached hydrogens (tertiary/aromatic N) is 1. The molecule has 1 saturated heterocycles. The fourth-order valence-electron chi connectivity index (χ4n) is 3.61. The highest BCUT2D eigenvalue weighted by molar-refractivity contribution is 4.90. The third kappa shape index (κ3) is 3.21. The van der Waals surface area contributed by atoms with Crippen molar-refractivity contribution in [1.29, 1.82) is 0 Å². The Morgan fingerprint density at radius 1 is 1.18 bits per heavy atom. The van der Waals surface area contributed by atoms with Crippen LogP contribution in [0.1, 0.15) is 45.4 Å². The molecule has 1 heterocycles. The molecule has 0 amide bonds. The highest BCUT2D eigenvalue weighted by atomic mass is 16.3. The summed E-state index contributed by atoms with van der Waals surface area (Å²) in [7, 11) is 0. The second kappa shape index (κ2) is 6.17. The van der Waals surface area contributed by atoms with Gasteiger partial charge in [-0.15, -0.1) is 0 Å². The van der Waals surface area contributed by atoms with Gasteiger partial charge in [0.15, 0.2) is 0 Å². The van der Waals surface area contributed by atoms with Crippen LogP contribution >= 0.6 is 0 Å². The van der Waals surface area contributed by atoms with Crippen LogP contribution in [0.25, 0.3) is 0 Å². The van der Waals surface area contributed by atoms with Gasteiger partial charge in [0.2, 0.25) is 0 Å². The van der Waals surface area contributed by atoms with Crippen LogP contribution in [-0.4, -0.2) is 47.0 Å². The number of aliphatic hydroxyl groups excluding tert-OH is 2. The predicted octanol–water partition coefficient (Wildman–Crippen LogP) is 1.63. The number of hydrogen-bond donors (Lipinski definition) is 2. The van der Waals surface area contributed by atoms with E-state index in [1.807, 2.05) is 0 Å². The van der Waals surface area contributed by atoms with Gasteiger partial charge in [-0.1, -0.05) is 19.8 Å².